The van der Waals surface area contributed by atoms with Crippen LogP contribution in [-0.2, 0) is 17.8 Å². The Bertz CT molecular complexity index is 842. The van der Waals surface area contributed by atoms with E-state index in [1.807, 2.05) is 41.6 Å². The number of hydrogen-bond donors (Lipinski definition) is 0. The van der Waals surface area contributed by atoms with E-state index in [2.05, 4.69) is 22.2 Å². The van der Waals surface area contributed by atoms with Gasteiger partial charge in [-0.05, 0) is 24.5 Å². The average Bonchev–Trinajstić information content (AvgIpc) is 3.35. The molecule has 1 amide bonds. The highest BCUT2D eigenvalue weighted by molar-refractivity contribution is 5.76. The summed E-state index contributed by atoms with van der Waals surface area (Å²) in [6.45, 7) is 1.73. The fourth-order valence-corrected chi connectivity index (χ4v) is 3.43. The van der Waals surface area contributed by atoms with Crippen molar-refractivity contribution < 1.29 is 9.21 Å². The van der Waals surface area contributed by atoms with Gasteiger partial charge in [-0.15, -0.1) is 0 Å². The molecule has 1 unspecified atom stereocenters. The van der Waals surface area contributed by atoms with E-state index in [1.54, 1.807) is 10.9 Å². The first kappa shape index (κ1) is 16.6. The Morgan fingerprint density at radius 3 is 2.92 bits per heavy atom. The van der Waals surface area contributed by atoms with Crippen molar-refractivity contribution in [1.82, 2.24) is 19.7 Å². The molecule has 26 heavy (non-hydrogen) atoms. The molecule has 1 atom stereocenters. The monoisotopic (exact) mass is 350 g/mol. The number of aromatic nitrogens is 3. The van der Waals surface area contributed by atoms with Gasteiger partial charge in [0.1, 0.15) is 12.3 Å². The lowest BCUT2D eigenvalue weighted by Crippen LogP contribution is -2.41. The summed E-state index contributed by atoms with van der Waals surface area (Å²) in [6, 6.07) is 12.0. The largest absolute Gasteiger partial charge is 0.445 e. The molecule has 0 bridgehead atoms. The molecule has 0 spiro atoms. The van der Waals surface area contributed by atoms with Crippen LogP contribution in [-0.4, -0.2) is 38.7 Å². The first-order valence-electron chi connectivity index (χ1n) is 9.01. The van der Waals surface area contributed by atoms with Gasteiger partial charge in [0.05, 0.1) is 12.1 Å². The summed E-state index contributed by atoms with van der Waals surface area (Å²) in [6.07, 6.45) is 8.01. The molecule has 3 heterocycles. The van der Waals surface area contributed by atoms with Crippen molar-refractivity contribution in [1.29, 1.82) is 0 Å². The molecule has 1 saturated heterocycles. The van der Waals surface area contributed by atoms with Crippen LogP contribution in [0.5, 0.6) is 0 Å². The number of piperidine rings is 1. The molecule has 0 N–H and O–H groups in total. The summed E-state index contributed by atoms with van der Waals surface area (Å²) in [7, 11) is 0. The minimum absolute atomic E-state index is 0.0921. The molecule has 1 fully saturated rings. The van der Waals surface area contributed by atoms with Crippen LogP contribution >= 0.6 is 0 Å². The first-order chi connectivity index (χ1) is 12.8. The molecule has 3 aromatic rings. The zero-order chi connectivity index (χ0) is 17.8. The molecular weight excluding hydrogens is 328 g/mol. The smallest absolute Gasteiger partial charge is 0.244 e. The molecule has 0 radical (unpaired) electrons. The molecule has 134 valence electrons. The van der Waals surface area contributed by atoms with Crippen molar-refractivity contribution in [3.63, 3.8) is 0 Å². The zero-order valence-electron chi connectivity index (χ0n) is 14.6. The van der Waals surface area contributed by atoms with E-state index in [-0.39, 0.29) is 18.4 Å². The molecule has 4 rings (SSSR count). The summed E-state index contributed by atoms with van der Waals surface area (Å²) in [5, 5.41) is 4.11. The average molecular weight is 350 g/mol. The highest BCUT2D eigenvalue weighted by Crippen LogP contribution is 2.27. The number of amides is 1. The molecule has 6 nitrogen and oxygen atoms in total. The minimum atomic E-state index is 0.0921. The van der Waals surface area contributed by atoms with Crippen LogP contribution in [0.25, 0.3) is 0 Å². The van der Waals surface area contributed by atoms with E-state index in [4.69, 9.17) is 4.42 Å². The van der Waals surface area contributed by atoms with Crippen molar-refractivity contribution >= 4 is 5.91 Å². The number of rotatable bonds is 5. The lowest BCUT2D eigenvalue weighted by atomic mass is 9.98. The SMILES string of the molecule is O=C(Cn1cccn1)N1CCCC(c2ncc(Cc3ccccc3)o2)C1. The predicted molar refractivity (Wildman–Crippen MR) is 96.5 cm³/mol. The van der Waals surface area contributed by atoms with Gasteiger partial charge < -0.3 is 9.32 Å². The summed E-state index contributed by atoms with van der Waals surface area (Å²) in [5.41, 5.74) is 1.20. The van der Waals surface area contributed by atoms with Crippen LogP contribution < -0.4 is 0 Å². The van der Waals surface area contributed by atoms with E-state index in [1.165, 1.54) is 5.56 Å². The van der Waals surface area contributed by atoms with Gasteiger partial charge in [0.15, 0.2) is 5.89 Å². The van der Waals surface area contributed by atoms with Gasteiger partial charge in [-0.25, -0.2) is 4.98 Å². The molecule has 0 saturated carbocycles. The Labute approximate surface area is 152 Å². The van der Waals surface area contributed by atoms with E-state index < -0.39 is 0 Å². The summed E-state index contributed by atoms with van der Waals surface area (Å²) in [5.74, 6) is 1.86. The molecule has 2 aromatic heterocycles. The third-order valence-electron chi connectivity index (χ3n) is 4.77. The Kier molecular flexibility index (Phi) is 4.82. The number of likely N-dealkylation sites (tertiary alicyclic amines) is 1. The van der Waals surface area contributed by atoms with Crippen molar-refractivity contribution in [2.75, 3.05) is 13.1 Å². The fraction of sp³-hybridized carbons (Fsp3) is 0.350. The second-order valence-electron chi connectivity index (χ2n) is 6.71. The van der Waals surface area contributed by atoms with Crippen LogP contribution in [0.3, 0.4) is 0 Å². The lowest BCUT2D eigenvalue weighted by Gasteiger charge is -2.31. The number of carbonyl (C=O) groups excluding carboxylic acids is 1. The standard InChI is InChI=1S/C20H22N4O2/c25-19(15-24-11-5-9-22-24)23-10-4-8-17(14-23)20-21-13-18(26-20)12-16-6-2-1-3-7-16/h1-3,5-7,9,11,13,17H,4,8,10,12,14-15H2. The quantitative estimate of drug-likeness (QED) is 0.710. The Morgan fingerprint density at radius 1 is 1.23 bits per heavy atom. The second-order valence-corrected chi connectivity index (χ2v) is 6.71. The van der Waals surface area contributed by atoms with Gasteiger partial charge in [-0.1, -0.05) is 30.3 Å². The Hall–Kier alpha value is -2.89. The number of oxazole rings is 1. The van der Waals surface area contributed by atoms with Gasteiger partial charge >= 0.3 is 0 Å². The maximum absolute atomic E-state index is 12.5. The number of carbonyl (C=O) groups is 1. The third kappa shape index (κ3) is 3.85. The van der Waals surface area contributed by atoms with Crippen LogP contribution in [0.15, 0.2) is 59.4 Å². The highest BCUT2D eigenvalue weighted by atomic mass is 16.4. The van der Waals surface area contributed by atoms with Crippen LogP contribution in [0.2, 0.25) is 0 Å². The minimum Gasteiger partial charge on any atom is -0.445 e. The van der Waals surface area contributed by atoms with Gasteiger partial charge in [-0.2, -0.15) is 5.10 Å². The second kappa shape index (κ2) is 7.56. The maximum atomic E-state index is 12.5. The van der Waals surface area contributed by atoms with Gasteiger partial charge in [0, 0.05) is 31.9 Å². The van der Waals surface area contributed by atoms with Crippen LogP contribution in [0.1, 0.15) is 36.0 Å². The summed E-state index contributed by atoms with van der Waals surface area (Å²) in [4.78, 5) is 18.9. The van der Waals surface area contributed by atoms with Crippen LogP contribution in [0, 0.1) is 0 Å². The van der Waals surface area contributed by atoms with Crippen molar-refractivity contribution in [3.8, 4) is 0 Å². The molecular formula is C20H22N4O2. The molecule has 1 aromatic carbocycles. The number of hydrogen-bond acceptors (Lipinski definition) is 4. The lowest BCUT2D eigenvalue weighted by molar-refractivity contribution is -0.133. The van der Waals surface area contributed by atoms with E-state index in [0.717, 1.165) is 37.5 Å². The molecule has 6 heteroatoms. The number of nitrogens with zero attached hydrogens (tertiary/aromatic N) is 4. The maximum Gasteiger partial charge on any atom is 0.244 e. The molecule has 0 aliphatic carbocycles. The summed E-state index contributed by atoms with van der Waals surface area (Å²) < 4.78 is 7.66. The van der Waals surface area contributed by atoms with Gasteiger partial charge in [0.2, 0.25) is 5.91 Å². The van der Waals surface area contributed by atoms with E-state index in [0.29, 0.717) is 6.54 Å². The van der Waals surface area contributed by atoms with E-state index in [9.17, 15) is 4.79 Å². The fourth-order valence-electron chi connectivity index (χ4n) is 3.43. The highest BCUT2D eigenvalue weighted by Gasteiger charge is 2.28. The molecule has 1 aliphatic heterocycles. The van der Waals surface area contributed by atoms with Gasteiger partial charge in [-0.3, -0.25) is 9.48 Å². The van der Waals surface area contributed by atoms with Crippen LogP contribution in [0.4, 0.5) is 0 Å². The number of benzene rings is 1. The topological polar surface area (TPSA) is 64.2 Å². The molecule has 1 aliphatic rings. The Balaban J connectivity index is 1.39. The summed E-state index contributed by atoms with van der Waals surface area (Å²) >= 11 is 0. The van der Waals surface area contributed by atoms with Crippen molar-refractivity contribution in [3.05, 3.63) is 72.2 Å². The Morgan fingerprint density at radius 2 is 2.12 bits per heavy atom. The van der Waals surface area contributed by atoms with Gasteiger partial charge in [0.25, 0.3) is 0 Å². The van der Waals surface area contributed by atoms with Crippen molar-refractivity contribution in [2.45, 2.75) is 31.7 Å². The van der Waals surface area contributed by atoms with Crippen molar-refractivity contribution in [2.24, 2.45) is 0 Å². The normalized spacial score (nSPS) is 17.4. The van der Waals surface area contributed by atoms with E-state index >= 15 is 0 Å². The first-order valence-corrected chi connectivity index (χ1v) is 9.01. The third-order valence-corrected chi connectivity index (χ3v) is 4.77. The predicted octanol–water partition coefficient (Wildman–Crippen LogP) is 2.87. The zero-order valence-corrected chi connectivity index (χ0v) is 14.6.